The van der Waals surface area contributed by atoms with Gasteiger partial charge in [-0.05, 0) is 19.1 Å². The predicted octanol–water partition coefficient (Wildman–Crippen LogP) is 1.64. The van der Waals surface area contributed by atoms with Crippen LogP contribution >= 0.6 is 0 Å². The number of rotatable bonds is 3. The summed E-state index contributed by atoms with van der Waals surface area (Å²) in [5, 5.41) is 6.84. The Morgan fingerprint density at radius 3 is 2.97 bits per heavy atom. The lowest BCUT2D eigenvalue weighted by Gasteiger charge is -2.23. The molecular formula is C20H17N3O6. The van der Waals surface area contributed by atoms with Crippen molar-refractivity contribution in [2.45, 2.75) is 18.6 Å². The number of benzene rings is 1. The molecule has 4 aliphatic heterocycles. The van der Waals surface area contributed by atoms with E-state index in [1.165, 1.54) is 4.90 Å². The molecule has 2 fully saturated rings. The Kier molecular flexibility index (Phi) is 3.21. The molecule has 0 aliphatic carbocycles. The Bertz CT molecular complexity index is 1080. The normalized spacial score (nSPS) is 30.9. The highest BCUT2D eigenvalue weighted by Crippen LogP contribution is 2.52. The van der Waals surface area contributed by atoms with E-state index in [0.717, 1.165) is 0 Å². The number of hydrogen-bond donors (Lipinski definition) is 1. The quantitative estimate of drug-likeness (QED) is 0.788. The molecule has 0 radical (unpaired) electrons. The van der Waals surface area contributed by atoms with Crippen LogP contribution in [0.1, 0.15) is 5.76 Å². The van der Waals surface area contributed by atoms with Crippen molar-refractivity contribution in [3.63, 3.8) is 0 Å². The fraction of sp³-hybridized carbons (Fsp3) is 0.350. The van der Waals surface area contributed by atoms with Crippen LogP contribution in [0.2, 0.25) is 0 Å². The SMILES string of the molecule is Cc1cc(N2CC34C=C[C@@H](O3)C(C(=O)Nc3ccc5c(c3)OCO5)C4C2=O)no1. The third-order valence-corrected chi connectivity index (χ3v) is 5.94. The molecule has 0 saturated carbocycles. The van der Waals surface area contributed by atoms with Crippen LogP contribution in [0, 0.1) is 18.8 Å². The van der Waals surface area contributed by atoms with Gasteiger partial charge >= 0.3 is 0 Å². The van der Waals surface area contributed by atoms with Gasteiger partial charge < -0.3 is 24.1 Å². The van der Waals surface area contributed by atoms with E-state index in [0.29, 0.717) is 35.3 Å². The Morgan fingerprint density at radius 2 is 2.14 bits per heavy atom. The average Bonchev–Trinajstić information content (AvgIpc) is 3.49. The van der Waals surface area contributed by atoms with Crippen LogP contribution in [0.4, 0.5) is 11.5 Å². The van der Waals surface area contributed by atoms with Crippen molar-refractivity contribution < 1.29 is 28.3 Å². The molecule has 1 N–H and O–H groups in total. The summed E-state index contributed by atoms with van der Waals surface area (Å²) in [6.45, 7) is 2.23. The van der Waals surface area contributed by atoms with Gasteiger partial charge in [0.05, 0.1) is 24.5 Å². The summed E-state index contributed by atoms with van der Waals surface area (Å²) in [5.74, 6) is 0.574. The molecule has 3 unspecified atom stereocenters. The number of fused-ring (bicyclic) bond motifs is 2. The van der Waals surface area contributed by atoms with Gasteiger partial charge in [0.1, 0.15) is 11.4 Å². The molecule has 1 aromatic heterocycles. The molecule has 9 nitrogen and oxygen atoms in total. The summed E-state index contributed by atoms with van der Waals surface area (Å²) in [5.41, 5.74) is -0.236. The number of aromatic nitrogens is 1. The first-order valence-electron chi connectivity index (χ1n) is 9.36. The van der Waals surface area contributed by atoms with Crippen LogP contribution in [-0.4, -0.2) is 42.0 Å². The molecule has 4 atom stereocenters. The fourth-order valence-electron chi connectivity index (χ4n) is 4.67. The van der Waals surface area contributed by atoms with Gasteiger partial charge in [-0.25, -0.2) is 0 Å². The van der Waals surface area contributed by atoms with Gasteiger partial charge in [0.25, 0.3) is 0 Å². The second-order valence-corrected chi connectivity index (χ2v) is 7.68. The molecule has 2 bridgehead atoms. The van der Waals surface area contributed by atoms with Gasteiger partial charge in [-0.15, -0.1) is 0 Å². The molecule has 29 heavy (non-hydrogen) atoms. The highest BCUT2D eigenvalue weighted by Gasteiger charge is 2.67. The molecule has 148 valence electrons. The van der Waals surface area contributed by atoms with E-state index < -0.39 is 23.5 Å². The van der Waals surface area contributed by atoms with Crippen LogP contribution in [0.15, 0.2) is 40.9 Å². The number of nitrogens with zero attached hydrogens (tertiary/aromatic N) is 2. The molecule has 9 heteroatoms. The molecule has 2 aromatic rings. The lowest BCUT2D eigenvalue weighted by atomic mass is 9.77. The number of anilines is 2. The third kappa shape index (κ3) is 2.27. The summed E-state index contributed by atoms with van der Waals surface area (Å²) >= 11 is 0. The summed E-state index contributed by atoms with van der Waals surface area (Å²) < 4.78 is 21.9. The van der Waals surface area contributed by atoms with Crippen molar-refractivity contribution in [1.29, 1.82) is 0 Å². The smallest absolute Gasteiger partial charge is 0.235 e. The van der Waals surface area contributed by atoms with Crippen molar-refractivity contribution in [2.75, 3.05) is 23.6 Å². The number of aryl methyl sites for hydroxylation is 1. The van der Waals surface area contributed by atoms with Gasteiger partial charge in [-0.3, -0.25) is 14.5 Å². The molecule has 4 aliphatic rings. The molecule has 5 heterocycles. The molecule has 2 saturated heterocycles. The Labute approximate surface area is 165 Å². The molecule has 1 aromatic carbocycles. The Balaban J connectivity index is 1.28. The maximum atomic E-state index is 13.2. The zero-order valence-corrected chi connectivity index (χ0v) is 15.5. The van der Waals surface area contributed by atoms with Crippen LogP contribution < -0.4 is 19.7 Å². The van der Waals surface area contributed by atoms with Crippen molar-refractivity contribution in [3.05, 3.63) is 42.2 Å². The van der Waals surface area contributed by atoms with Gasteiger partial charge in [-0.2, -0.15) is 0 Å². The Hall–Kier alpha value is -3.33. The first-order chi connectivity index (χ1) is 14.0. The summed E-state index contributed by atoms with van der Waals surface area (Å²) in [6.07, 6.45) is 3.34. The minimum atomic E-state index is -0.814. The van der Waals surface area contributed by atoms with E-state index in [9.17, 15) is 9.59 Å². The van der Waals surface area contributed by atoms with Gasteiger partial charge in [0.2, 0.25) is 18.6 Å². The van der Waals surface area contributed by atoms with Crippen LogP contribution in [0.3, 0.4) is 0 Å². The fourth-order valence-corrected chi connectivity index (χ4v) is 4.67. The largest absolute Gasteiger partial charge is 0.454 e. The van der Waals surface area contributed by atoms with E-state index in [2.05, 4.69) is 10.5 Å². The number of nitrogens with one attached hydrogen (secondary N) is 1. The summed E-state index contributed by atoms with van der Waals surface area (Å²) in [6, 6.07) is 6.90. The zero-order valence-electron chi connectivity index (χ0n) is 15.5. The monoisotopic (exact) mass is 395 g/mol. The van der Waals surface area contributed by atoms with E-state index >= 15 is 0 Å². The number of carbonyl (C=O) groups is 2. The van der Waals surface area contributed by atoms with Crippen molar-refractivity contribution in [3.8, 4) is 11.5 Å². The maximum absolute atomic E-state index is 13.2. The molecular weight excluding hydrogens is 378 g/mol. The van der Waals surface area contributed by atoms with Gasteiger partial charge in [0, 0.05) is 17.8 Å². The zero-order chi connectivity index (χ0) is 19.8. The molecule has 6 rings (SSSR count). The summed E-state index contributed by atoms with van der Waals surface area (Å²) in [4.78, 5) is 27.9. The maximum Gasteiger partial charge on any atom is 0.235 e. The first kappa shape index (κ1) is 16.6. The minimum absolute atomic E-state index is 0.159. The summed E-state index contributed by atoms with van der Waals surface area (Å²) in [7, 11) is 0. The van der Waals surface area contributed by atoms with E-state index in [1.54, 1.807) is 31.2 Å². The van der Waals surface area contributed by atoms with E-state index in [1.807, 2.05) is 12.2 Å². The number of carbonyl (C=O) groups excluding carboxylic acids is 2. The number of amides is 2. The second kappa shape index (κ2) is 5.60. The number of hydrogen-bond acceptors (Lipinski definition) is 7. The van der Waals surface area contributed by atoms with Gasteiger partial charge in [0.15, 0.2) is 17.3 Å². The number of ether oxygens (including phenoxy) is 3. The predicted molar refractivity (Wildman–Crippen MR) is 98.5 cm³/mol. The van der Waals surface area contributed by atoms with Crippen LogP contribution in [0.25, 0.3) is 0 Å². The highest BCUT2D eigenvalue weighted by atomic mass is 16.7. The van der Waals surface area contributed by atoms with Crippen molar-refractivity contribution >= 4 is 23.3 Å². The van der Waals surface area contributed by atoms with Crippen molar-refractivity contribution in [1.82, 2.24) is 5.16 Å². The average molecular weight is 395 g/mol. The van der Waals surface area contributed by atoms with E-state index in [-0.39, 0.29) is 18.6 Å². The topological polar surface area (TPSA) is 103 Å². The molecule has 2 amide bonds. The second-order valence-electron chi connectivity index (χ2n) is 7.68. The lowest BCUT2D eigenvalue weighted by Crippen LogP contribution is -2.41. The van der Waals surface area contributed by atoms with Crippen LogP contribution in [-0.2, 0) is 14.3 Å². The first-order valence-corrected chi connectivity index (χ1v) is 9.36. The van der Waals surface area contributed by atoms with Crippen molar-refractivity contribution in [2.24, 2.45) is 11.8 Å². The Morgan fingerprint density at radius 1 is 1.28 bits per heavy atom. The lowest BCUT2D eigenvalue weighted by molar-refractivity contribution is -0.128. The van der Waals surface area contributed by atoms with Crippen LogP contribution in [0.5, 0.6) is 11.5 Å². The minimum Gasteiger partial charge on any atom is -0.454 e. The van der Waals surface area contributed by atoms with E-state index in [4.69, 9.17) is 18.7 Å². The highest BCUT2D eigenvalue weighted by molar-refractivity contribution is 6.05. The standard InChI is InChI=1S/C20H17N3O6/c1-10-6-15(22-29-10)23-8-20-5-4-13(28-20)16(17(20)19(23)25)18(24)21-11-2-3-12-14(7-11)27-9-26-12/h2-7,13,16-17H,8-9H2,1H3,(H,21,24)/t13-,16?,17?,20?/m1/s1. The molecule has 1 spiro atoms. The third-order valence-electron chi connectivity index (χ3n) is 5.94. The van der Waals surface area contributed by atoms with Gasteiger partial charge in [-0.1, -0.05) is 17.3 Å².